The highest BCUT2D eigenvalue weighted by atomic mass is 16.3. The van der Waals surface area contributed by atoms with Crippen LogP contribution >= 0.6 is 0 Å². The molecule has 0 radical (unpaired) electrons. The normalized spacial score (nSPS) is 17.2. The number of fused-ring (bicyclic) bond motifs is 19. The Morgan fingerprint density at radius 3 is 2.31 bits per heavy atom. The van der Waals surface area contributed by atoms with E-state index in [2.05, 4.69) is 153 Å². The molecule has 0 saturated heterocycles. The van der Waals surface area contributed by atoms with E-state index in [9.17, 15) is 0 Å². The summed E-state index contributed by atoms with van der Waals surface area (Å²) in [4.78, 5) is 0. The van der Waals surface area contributed by atoms with Gasteiger partial charge in [-0.05, 0) is 73.0 Å². The molecule has 4 nitrogen and oxygen atoms in total. The molecule has 2 unspecified atom stereocenters. The van der Waals surface area contributed by atoms with Gasteiger partial charge in [0.1, 0.15) is 5.58 Å². The van der Waals surface area contributed by atoms with Crippen molar-refractivity contribution in [1.29, 1.82) is 0 Å². The van der Waals surface area contributed by atoms with Gasteiger partial charge in [-0.3, -0.25) is 0 Å². The standard InChI is InChI=1S/C47H33N3O/c1-28-25-42-31(20-19-29-11-2-3-12-30(29)40-16-6-8-23-48(28)40)37-27-43-38(26-39(37)41-17-7-9-24-49(41)42)34-15-10-14-33-35-21-22-36-32-13-4-5-18-44(32)51-47(36)46(35)50(43)45(33)34/h2-18,21-24,26-27,31,42H,1,19-20,25H2/q+2. The van der Waals surface area contributed by atoms with Crippen molar-refractivity contribution in [3.63, 3.8) is 0 Å². The highest BCUT2D eigenvalue weighted by molar-refractivity contribution is 6.28. The fourth-order valence-electron chi connectivity index (χ4n) is 9.86. The molecule has 5 aromatic carbocycles. The van der Waals surface area contributed by atoms with Gasteiger partial charge in [-0.25, -0.2) is 0 Å². The lowest BCUT2D eigenvalue weighted by Crippen LogP contribution is -2.49. The van der Waals surface area contributed by atoms with Crippen LogP contribution in [0.25, 0.3) is 88.2 Å². The summed E-state index contributed by atoms with van der Waals surface area (Å²) in [5.41, 5.74) is 14.6. The van der Waals surface area contributed by atoms with Crippen molar-refractivity contribution in [2.75, 3.05) is 0 Å². The largest absolute Gasteiger partial charge is 0.454 e. The summed E-state index contributed by atoms with van der Waals surface area (Å²) in [6, 6.07) is 47.2. The van der Waals surface area contributed by atoms with Crippen molar-refractivity contribution < 1.29 is 13.6 Å². The Morgan fingerprint density at radius 2 is 1.37 bits per heavy atom. The molecule has 0 bridgehead atoms. The third-order valence-electron chi connectivity index (χ3n) is 12.0. The number of furan rings is 1. The molecule has 240 valence electrons. The van der Waals surface area contributed by atoms with E-state index in [1.54, 1.807) is 0 Å². The van der Waals surface area contributed by atoms with E-state index in [4.69, 9.17) is 11.0 Å². The van der Waals surface area contributed by atoms with E-state index in [0.717, 1.165) is 52.4 Å². The molecule has 7 heterocycles. The first-order chi connectivity index (χ1) is 25.2. The molecule has 10 aromatic rings. The quantitative estimate of drug-likeness (QED) is 0.149. The molecule has 0 aliphatic carbocycles. The molecule has 2 aliphatic rings. The number of hydrogen-bond acceptors (Lipinski definition) is 1. The van der Waals surface area contributed by atoms with Crippen LogP contribution in [0.15, 0.2) is 151 Å². The van der Waals surface area contributed by atoms with E-state index in [-0.39, 0.29) is 12.0 Å². The second-order valence-corrected chi connectivity index (χ2v) is 14.5. The maximum absolute atomic E-state index is 6.71. The molecule has 0 saturated carbocycles. The Bertz CT molecular complexity index is 3110. The number of allylic oxidation sites excluding steroid dienone is 1. The van der Waals surface area contributed by atoms with Gasteiger partial charge in [0.05, 0.1) is 28.5 Å². The number of pyridine rings is 2. The minimum absolute atomic E-state index is 0.220. The van der Waals surface area contributed by atoms with E-state index < -0.39 is 0 Å². The van der Waals surface area contributed by atoms with E-state index in [0.29, 0.717) is 0 Å². The van der Waals surface area contributed by atoms with Crippen LogP contribution in [0, 0.1) is 0 Å². The monoisotopic (exact) mass is 655 g/mol. The second-order valence-electron chi connectivity index (χ2n) is 14.5. The molecular formula is C47H33N3O+2. The number of para-hydroxylation sites is 2. The van der Waals surface area contributed by atoms with Gasteiger partial charge in [0.25, 0.3) is 0 Å². The zero-order valence-electron chi connectivity index (χ0n) is 28.0. The van der Waals surface area contributed by atoms with Crippen LogP contribution in [-0.2, 0) is 6.42 Å². The molecule has 0 fully saturated rings. The Morgan fingerprint density at radius 1 is 0.627 bits per heavy atom. The van der Waals surface area contributed by atoms with Gasteiger partial charge < -0.3 is 8.82 Å². The van der Waals surface area contributed by atoms with Crippen LogP contribution in [0.5, 0.6) is 0 Å². The summed E-state index contributed by atoms with van der Waals surface area (Å²) in [6.45, 7) is 4.74. The Balaban J connectivity index is 1.17. The molecule has 12 rings (SSSR count). The Kier molecular flexibility index (Phi) is 5.36. The topological polar surface area (TPSA) is 25.3 Å². The maximum Gasteiger partial charge on any atom is 0.218 e. The van der Waals surface area contributed by atoms with Crippen LogP contribution < -0.4 is 9.13 Å². The summed E-state index contributed by atoms with van der Waals surface area (Å²) in [5, 5.41) is 7.41. The number of hydrogen-bond donors (Lipinski definition) is 0. The van der Waals surface area contributed by atoms with E-state index >= 15 is 0 Å². The number of aromatic nitrogens is 3. The fraction of sp³-hybridized carbons (Fsp3) is 0.106. The smallest absolute Gasteiger partial charge is 0.218 e. The van der Waals surface area contributed by atoms with Crippen LogP contribution in [0.1, 0.15) is 35.9 Å². The number of rotatable bonds is 0. The van der Waals surface area contributed by atoms with Crippen molar-refractivity contribution in [1.82, 2.24) is 4.40 Å². The van der Waals surface area contributed by atoms with Crippen LogP contribution in [0.2, 0.25) is 0 Å². The number of nitrogens with zero attached hydrogens (tertiary/aromatic N) is 3. The summed E-state index contributed by atoms with van der Waals surface area (Å²) < 4.78 is 14.1. The highest BCUT2D eigenvalue weighted by Crippen LogP contribution is 2.49. The van der Waals surface area contributed by atoms with Gasteiger partial charge in [-0.2, -0.15) is 9.13 Å². The summed E-state index contributed by atoms with van der Waals surface area (Å²) >= 11 is 0. The highest BCUT2D eigenvalue weighted by Gasteiger charge is 2.43. The van der Waals surface area contributed by atoms with Gasteiger partial charge in [0.15, 0.2) is 29.7 Å². The summed E-state index contributed by atoms with van der Waals surface area (Å²) in [7, 11) is 0. The third kappa shape index (κ3) is 3.59. The average molecular weight is 656 g/mol. The zero-order chi connectivity index (χ0) is 33.4. The first-order valence-electron chi connectivity index (χ1n) is 18.1. The van der Waals surface area contributed by atoms with Crippen LogP contribution in [-0.4, -0.2) is 4.40 Å². The summed E-state index contributed by atoms with van der Waals surface area (Å²) in [6.07, 6.45) is 7.36. The van der Waals surface area contributed by atoms with E-state index in [1.165, 1.54) is 66.2 Å². The van der Waals surface area contributed by atoms with Gasteiger partial charge in [0.2, 0.25) is 11.4 Å². The van der Waals surface area contributed by atoms with E-state index in [1.807, 2.05) is 0 Å². The average Bonchev–Trinajstić information content (AvgIpc) is 3.84. The van der Waals surface area contributed by atoms with Gasteiger partial charge in [0, 0.05) is 68.1 Å². The lowest BCUT2D eigenvalue weighted by molar-refractivity contribution is -0.720. The van der Waals surface area contributed by atoms with Crippen molar-refractivity contribution in [3.8, 4) is 22.5 Å². The predicted octanol–water partition coefficient (Wildman–Crippen LogP) is 10.8. The lowest BCUT2D eigenvalue weighted by atomic mass is 9.77. The van der Waals surface area contributed by atoms with Crippen LogP contribution in [0.4, 0.5) is 0 Å². The Labute approximate surface area is 294 Å². The SMILES string of the molecule is C=C1CC2C(CCc3ccccc3-c3cccc[n+]31)c1cc3c(cc1-c1cccc[n+]12)c1cccc2c4ccc5c6ccccc6oc5c4n3c12. The Hall–Kier alpha value is -6.26. The fourth-order valence-corrected chi connectivity index (χ4v) is 9.86. The molecule has 2 aliphatic heterocycles. The second kappa shape index (κ2) is 9.92. The minimum atomic E-state index is 0.220. The molecule has 51 heavy (non-hydrogen) atoms. The molecular weight excluding hydrogens is 623 g/mol. The first-order valence-corrected chi connectivity index (χ1v) is 18.1. The predicted molar refractivity (Wildman–Crippen MR) is 206 cm³/mol. The van der Waals surface area contributed by atoms with Gasteiger partial charge >= 0.3 is 0 Å². The number of aryl methyl sites for hydroxylation is 1. The molecule has 0 spiro atoms. The molecule has 0 N–H and O–H groups in total. The van der Waals surface area contributed by atoms with Gasteiger partial charge in [-0.1, -0.05) is 60.7 Å². The molecule has 0 amide bonds. The zero-order valence-corrected chi connectivity index (χ0v) is 28.0. The van der Waals surface area contributed by atoms with Crippen molar-refractivity contribution in [3.05, 3.63) is 157 Å². The van der Waals surface area contributed by atoms with Crippen LogP contribution in [0.3, 0.4) is 0 Å². The van der Waals surface area contributed by atoms with Gasteiger partial charge in [-0.15, -0.1) is 0 Å². The van der Waals surface area contributed by atoms with Crippen molar-refractivity contribution >= 4 is 65.7 Å². The summed E-state index contributed by atoms with van der Waals surface area (Å²) in [5.74, 6) is 0.285. The van der Waals surface area contributed by atoms with Crippen molar-refractivity contribution in [2.24, 2.45) is 0 Å². The maximum atomic E-state index is 6.71. The molecule has 4 heteroatoms. The lowest BCUT2D eigenvalue weighted by Gasteiger charge is -2.31. The molecule has 2 atom stereocenters. The van der Waals surface area contributed by atoms with Crippen molar-refractivity contribution in [2.45, 2.75) is 31.2 Å². The molecule has 5 aromatic heterocycles. The number of benzene rings is 5. The minimum Gasteiger partial charge on any atom is -0.454 e. The third-order valence-corrected chi connectivity index (χ3v) is 12.0. The first kappa shape index (κ1) is 27.5.